The zero-order chi connectivity index (χ0) is 20.5. The maximum atomic E-state index is 13.1. The number of methoxy groups -OCH3 is 1. The Morgan fingerprint density at radius 1 is 1.38 bits per heavy atom. The third-order valence-corrected chi connectivity index (χ3v) is 5.83. The molecule has 4 rings (SSSR count). The summed E-state index contributed by atoms with van der Waals surface area (Å²) in [7, 11) is 1.55. The Morgan fingerprint density at radius 3 is 2.93 bits per heavy atom. The molecule has 0 aliphatic carbocycles. The van der Waals surface area contributed by atoms with Crippen LogP contribution in [0, 0.1) is 6.92 Å². The van der Waals surface area contributed by atoms with E-state index < -0.39 is 0 Å². The minimum Gasteiger partial charge on any atom is -0.481 e. The molecule has 2 aliphatic rings. The van der Waals surface area contributed by atoms with Crippen molar-refractivity contribution in [2.24, 2.45) is 0 Å². The van der Waals surface area contributed by atoms with E-state index in [9.17, 15) is 9.59 Å². The number of nitrogens with zero attached hydrogens (tertiary/aromatic N) is 3. The molecule has 2 fully saturated rings. The van der Waals surface area contributed by atoms with Crippen LogP contribution in [-0.4, -0.2) is 51.9 Å². The summed E-state index contributed by atoms with van der Waals surface area (Å²) in [6, 6.07) is 3.65. The van der Waals surface area contributed by atoms with Gasteiger partial charge in [-0.3, -0.25) is 9.59 Å². The van der Waals surface area contributed by atoms with Crippen molar-refractivity contribution in [3.8, 4) is 5.88 Å². The van der Waals surface area contributed by atoms with Crippen LogP contribution in [0.3, 0.4) is 0 Å². The molecule has 0 radical (unpaired) electrons. The van der Waals surface area contributed by atoms with Gasteiger partial charge in [0.15, 0.2) is 5.89 Å². The zero-order valence-electron chi connectivity index (χ0n) is 17.0. The van der Waals surface area contributed by atoms with Crippen LogP contribution in [0.15, 0.2) is 22.7 Å². The second-order valence-corrected chi connectivity index (χ2v) is 7.68. The van der Waals surface area contributed by atoms with Gasteiger partial charge < -0.3 is 19.4 Å². The standard InChI is InChI=1S/C21H26N4O4/c1-4-18-23-12(2)20(29-18)21(27)25-14-5-6-16(25)15(11-14)24-17(26)9-13-7-8-22-19(10-13)28-3/h7-8,10,14-16H,4-6,9,11H2,1-3H3,(H,24,26)/t14-,15+,16+/m1/s1. The Bertz CT molecular complexity index is 925. The van der Waals surface area contributed by atoms with Crippen molar-refractivity contribution in [2.75, 3.05) is 7.11 Å². The van der Waals surface area contributed by atoms with Crippen LogP contribution >= 0.6 is 0 Å². The van der Waals surface area contributed by atoms with E-state index in [1.807, 2.05) is 11.8 Å². The van der Waals surface area contributed by atoms with Crippen LogP contribution in [0.2, 0.25) is 0 Å². The molecular weight excluding hydrogens is 372 g/mol. The lowest BCUT2D eigenvalue weighted by Crippen LogP contribution is -2.45. The normalized spacial score (nSPS) is 22.7. The van der Waals surface area contributed by atoms with E-state index in [1.165, 1.54) is 0 Å². The first-order valence-corrected chi connectivity index (χ1v) is 10.1. The van der Waals surface area contributed by atoms with Crippen molar-refractivity contribution in [1.29, 1.82) is 0 Å². The van der Waals surface area contributed by atoms with Gasteiger partial charge in [-0.1, -0.05) is 6.92 Å². The summed E-state index contributed by atoms with van der Waals surface area (Å²) in [5.41, 5.74) is 1.47. The van der Waals surface area contributed by atoms with Crippen molar-refractivity contribution >= 4 is 11.8 Å². The van der Waals surface area contributed by atoms with Crippen LogP contribution in [0.5, 0.6) is 5.88 Å². The largest absolute Gasteiger partial charge is 0.481 e. The van der Waals surface area contributed by atoms with Gasteiger partial charge in [0, 0.05) is 24.7 Å². The molecule has 8 heteroatoms. The quantitative estimate of drug-likeness (QED) is 0.800. The van der Waals surface area contributed by atoms with Crippen molar-refractivity contribution in [2.45, 2.75) is 64.1 Å². The predicted molar refractivity (Wildman–Crippen MR) is 105 cm³/mol. The summed E-state index contributed by atoms with van der Waals surface area (Å²) in [6.07, 6.45) is 5.15. The molecule has 3 atom stereocenters. The lowest BCUT2D eigenvalue weighted by molar-refractivity contribution is -0.121. The second-order valence-electron chi connectivity index (χ2n) is 7.68. The molecular formula is C21H26N4O4. The fourth-order valence-corrected chi connectivity index (χ4v) is 4.49. The fourth-order valence-electron chi connectivity index (χ4n) is 4.49. The van der Waals surface area contributed by atoms with Crippen molar-refractivity contribution < 1.29 is 18.7 Å². The number of hydrogen-bond donors (Lipinski definition) is 1. The summed E-state index contributed by atoms with van der Waals surface area (Å²) in [4.78, 5) is 36.0. The second kappa shape index (κ2) is 7.85. The molecule has 0 unspecified atom stereocenters. The maximum Gasteiger partial charge on any atom is 0.292 e. The Balaban J connectivity index is 1.42. The van der Waals surface area contributed by atoms with E-state index in [0.717, 1.165) is 24.8 Å². The average molecular weight is 398 g/mol. The Hall–Kier alpha value is -2.90. The number of ether oxygens (including phenoxy) is 1. The summed E-state index contributed by atoms with van der Waals surface area (Å²) in [5.74, 6) is 1.22. The molecule has 0 aromatic carbocycles. The van der Waals surface area contributed by atoms with Gasteiger partial charge in [-0.2, -0.15) is 0 Å². The Morgan fingerprint density at radius 2 is 2.21 bits per heavy atom. The first kappa shape index (κ1) is 19.4. The lowest BCUT2D eigenvalue weighted by Gasteiger charge is -2.24. The molecule has 2 amide bonds. The van der Waals surface area contributed by atoms with Gasteiger partial charge in [-0.05, 0) is 37.8 Å². The van der Waals surface area contributed by atoms with Gasteiger partial charge in [-0.15, -0.1) is 0 Å². The van der Waals surface area contributed by atoms with Crippen LogP contribution in [0.1, 0.15) is 53.9 Å². The molecule has 8 nitrogen and oxygen atoms in total. The number of carbonyl (C=O) groups is 2. The summed E-state index contributed by atoms with van der Waals surface area (Å²) < 4.78 is 10.8. The minimum atomic E-state index is -0.113. The molecule has 2 aromatic heterocycles. The molecule has 2 saturated heterocycles. The predicted octanol–water partition coefficient (Wildman–Crippen LogP) is 2.05. The van der Waals surface area contributed by atoms with Crippen molar-refractivity contribution in [3.63, 3.8) is 0 Å². The average Bonchev–Trinajstić information content (AvgIpc) is 3.39. The number of aromatic nitrogens is 2. The zero-order valence-corrected chi connectivity index (χ0v) is 17.0. The molecule has 29 heavy (non-hydrogen) atoms. The third kappa shape index (κ3) is 3.71. The summed E-state index contributed by atoms with van der Waals surface area (Å²) in [5, 5.41) is 3.12. The molecule has 0 spiro atoms. The number of oxazole rings is 1. The number of amides is 2. The van der Waals surface area contributed by atoms with Gasteiger partial charge in [0.25, 0.3) is 5.91 Å². The highest BCUT2D eigenvalue weighted by Crippen LogP contribution is 2.39. The summed E-state index contributed by atoms with van der Waals surface area (Å²) in [6.45, 7) is 3.75. The van der Waals surface area contributed by atoms with Crippen molar-refractivity contribution in [1.82, 2.24) is 20.2 Å². The number of aryl methyl sites for hydroxylation is 2. The monoisotopic (exact) mass is 398 g/mol. The number of hydrogen-bond acceptors (Lipinski definition) is 6. The number of rotatable bonds is 6. The van der Waals surface area contributed by atoms with E-state index in [-0.39, 0.29) is 36.4 Å². The van der Waals surface area contributed by atoms with E-state index >= 15 is 0 Å². The first-order chi connectivity index (χ1) is 14.0. The van der Waals surface area contributed by atoms with Gasteiger partial charge >= 0.3 is 0 Å². The molecule has 154 valence electrons. The maximum absolute atomic E-state index is 13.1. The van der Waals surface area contributed by atoms with Gasteiger partial charge in [0.1, 0.15) is 0 Å². The highest BCUT2D eigenvalue weighted by atomic mass is 16.5. The first-order valence-electron chi connectivity index (χ1n) is 10.1. The minimum absolute atomic E-state index is 0.00185. The molecule has 1 N–H and O–H groups in total. The molecule has 4 heterocycles. The van der Waals surface area contributed by atoms with Crippen LogP contribution in [-0.2, 0) is 17.6 Å². The lowest BCUT2D eigenvalue weighted by atomic mass is 9.95. The number of nitrogens with one attached hydrogen (secondary N) is 1. The van der Waals surface area contributed by atoms with Gasteiger partial charge in [0.2, 0.25) is 17.5 Å². The van der Waals surface area contributed by atoms with Gasteiger partial charge in [-0.25, -0.2) is 9.97 Å². The number of fused-ring (bicyclic) bond motifs is 2. The number of carbonyl (C=O) groups excluding carboxylic acids is 2. The Kier molecular flexibility index (Phi) is 5.25. The van der Waals surface area contributed by atoms with Crippen LogP contribution < -0.4 is 10.1 Å². The highest BCUT2D eigenvalue weighted by Gasteiger charge is 2.50. The number of pyridine rings is 1. The van der Waals surface area contributed by atoms with Crippen molar-refractivity contribution in [3.05, 3.63) is 41.2 Å². The molecule has 2 aliphatic heterocycles. The van der Waals surface area contributed by atoms with E-state index in [2.05, 4.69) is 15.3 Å². The topological polar surface area (TPSA) is 97.6 Å². The Labute approximate surface area is 169 Å². The van der Waals surface area contributed by atoms with Crippen LogP contribution in [0.25, 0.3) is 0 Å². The van der Waals surface area contributed by atoms with Crippen LogP contribution in [0.4, 0.5) is 0 Å². The smallest absolute Gasteiger partial charge is 0.292 e. The molecule has 2 bridgehead atoms. The van der Waals surface area contributed by atoms with E-state index in [4.69, 9.17) is 9.15 Å². The van der Waals surface area contributed by atoms with Gasteiger partial charge in [0.05, 0.1) is 31.3 Å². The highest BCUT2D eigenvalue weighted by molar-refractivity contribution is 5.93. The molecule has 2 aromatic rings. The third-order valence-electron chi connectivity index (χ3n) is 5.83. The van der Waals surface area contributed by atoms with E-state index in [0.29, 0.717) is 29.6 Å². The fraction of sp³-hybridized carbons (Fsp3) is 0.524. The SMILES string of the molecule is CCc1nc(C)c(C(=O)N2[C@@H]3CC[C@H]2[C@@H](NC(=O)Cc2ccnc(OC)c2)C3)o1. The molecule has 0 saturated carbocycles. The van der Waals surface area contributed by atoms with E-state index in [1.54, 1.807) is 32.4 Å². The summed E-state index contributed by atoms with van der Waals surface area (Å²) >= 11 is 0.